The first-order chi connectivity index (χ1) is 9.63. The number of aromatic nitrogens is 4. The van der Waals surface area contributed by atoms with Crippen LogP contribution < -0.4 is 4.90 Å². The van der Waals surface area contributed by atoms with E-state index in [0.29, 0.717) is 5.78 Å². The Bertz CT molecular complexity index is 584. The average Bonchev–Trinajstić information content (AvgIpc) is 2.88. The minimum atomic E-state index is 0.676. The van der Waals surface area contributed by atoms with Crippen molar-refractivity contribution in [2.24, 2.45) is 5.92 Å². The van der Waals surface area contributed by atoms with E-state index in [4.69, 9.17) is 0 Å². The van der Waals surface area contributed by atoms with E-state index < -0.39 is 0 Å². The fourth-order valence-corrected chi connectivity index (χ4v) is 2.91. The highest BCUT2D eigenvalue weighted by Gasteiger charge is 2.19. The van der Waals surface area contributed by atoms with Crippen LogP contribution in [0.5, 0.6) is 0 Å². The predicted molar refractivity (Wildman–Crippen MR) is 79.0 cm³/mol. The van der Waals surface area contributed by atoms with E-state index in [2.05, 4.69) is 45.0 Å². The van der Waals surface area contributed by atoms with Gasteiger partial charge < -0.3 is 9.80 Å². The summed E-state index contributed by atoms with van der Waals surface area (Å²) in [5, 5.41) is 4.28. The Balaban J connectivity index is 1.78. The molecule has 0 aromatic carbocycles. The van der Waals surface area contributed by atoms with Crippen molar-refractivity contribution in [3.63, 3.8) is 0 Å². The summed E-state index contributed by atoms with van der Waals surface area (Å²) in [5.41, 5.74) is 0.982. The second kappa shape index (κ2) is 5.36. The van der Waals surface area contributed by atoms with Gasteiger partial charge in [0.15, 0.2) is 0 Å². The van der Waals surface area contributed by atoms with Gasteiger partial charge in [-0.3, -0.25) is 0 Å². The summed E-state index contributed by atoms with van der Waals surface area (Å²) in [6.45, 7) is 5.47. The summed E-state index contributed by atoms with van der Waals surface area (Å²) >= 11 is 0. The molecule has 0 radical (unpaired) electrons. The molecule has 6 heteroatoms. The molecule has 0 amide bonds. The molecule has 3 heterocycles. The largest absolute Gasteiger partial charge is 0.359 e. The van der Waals surface area contributed by atoms with Crippen molar-refractivity contribution in [1.82, 2.24) is 24.5 Å². The van der Waals surface area contributed by atoms with Gasteiger partial charge in [-0.25, -0.2) is 4.98 Å². The second-order valence-electron chi connectivity index (χ2n) is 5.85. The van der Waals surface area contributed by atoms with E-state index in [0.717, 1.165) is 24.0 Å². The molecule has 2 aromatic heterocycles. The molecule has 0 saturated carbocycles. The Morgan fingerprint density at radius 2 is 2.10 bits per heavy atom. The van der Waals surface area contributed by atoms with Crippen LogP contribution >= 0.6 is 0 Å². The zero-order valence-electron chi connectivity index (χ0n) is 12.5. The lowest BCUT2D eigenvalue weighted by molar-refractivity contribution is 0.222. The molecule has 1 aliphatic heterocycles. The van der Waals surface area contributed by atoms with E-state index >= 15 is 0 Å². The molecule has 6 nitrogen and oxygen atoms in total. The molecule has 3 rings (SSSR count). The fraction of sp³-hybridized carbons (Fsp3) is 0.643. The van der Waals surface area contributed by atoms with E-state index in [9.17, 15) is 0 Å². The van der Waals surface area contributed by atoms with Crippen molar-refractivity contribution in [3.8, 4) is 0 Å². The normalized spacial score (nSPS) is 17.8. The molecule has 1 saturated heterocycles. The summed E-state index contributed by atoms with van der Waals surface area (Å²) < 4.78 is 1.82. The first-order valence-corrected chi connectivity index (χ1v) is 7.20. The number of anilines is 1. The molecule has 2 aromatic rings. The van der Waals surface area contributed by atoms with Crippen molar-refractivity contribution in [3.05, 3.63) is 18.1 Å². The van der Waals surface area contributed by atoms with Crippen LogP contribution in [-0.4, -0.2) is 58.2 Å². The smallest absolute Gasteiger partial charge is 0.254 e. The monoisotopic (exact) mass is 274 g/mol. The number of aryl methyl sites for hydroxylation is 1. The Morgan fingerprint density at radius 3 is 2.85 bits per heavy atom. The highest BCUT2D eigenvalue weighted by atomic mass is 15.4. The van der Waals surface area contributed by atoms with Crippen molar-refractivity contribution in [2.75, 3.05) is 38.6 Å². The molecule has 108 valence electrons. The molecule has 0 N–H and O–H groups in total. The van der Waals surface area contributed by atoms with Gasteiger partial charge in [0.2, 0.25) is 0 Å². The van der Waals surface area contributed by atoms with Crippen LogP contribution in [0.2, 0.25) is 0 Å². The number of fused-ring (bicyclic) bond motifs is 1. The maximum atomic E-state index is 4.39. The van der Waals surface area contributed by atoms with Gasteiger partial charge >= 0.3 is 0 Å². The molecule has 0 bridgehead atoms. The van der Waals surface area contributed by atoms with Crippen molar-refractivity contribution in [2.45, 2.75) is 19.8 Å². The number of likely N-dealkylation sites (tertiary alicyclic amines) is 1. The van der Waals surface area contributed by atoms with Gasteiger partial charge in [-0.2, -0.15) is 14.6 Å². The number of rotatable bonds is 3. The Morgan fingerprint density at radius 1 is 1.35 bits per heavy atom. The third kappa shape index (κ3) is 2.60. The third-order valence-electron chi connectivity index (χ3n) is 4.12. The van der Waals surface area contributed by atoms with Gasteiger partial charge in [0, 0.05) is 25.4 Å². The number of hydrogen-bond donors (Lipinski definition) is 0. The summed E-state index contributed by atoms with van der Waals surface area (Å²) in [5.74, 6) is 2.50. The van der Waals surface area contributed by atoms with Crippen LogP contribution in [0.3, 0.4) is 0 Å². The molecule has 20 heavy (non-hydrogen) atoms. The first kappa shape index (κ1) is 13.3. The second-order valence-corrected chi connectivity index (χ2v) is 5.85. The zero-order valence-corrected chi connectivity index (χ0v) is 12.5. The standard InChI is InChI=1S/C14H22N6/c1-11-8-13(20-14(17-11)15-10-16-20)19(3)9-12-4-6-18(2)7-5-12/h8,10,12H,4-7,9H2,1-3H3. The quantitative estimate of drug-likeness (QED) is 0.842. The van der Waals surface area contributed by atoms with Gasteiger partial charge in [0.25, 0.3) is 5.78 Å². The Hall–Kier alpha value is -1.69. The highest BCUT2D eigenvalue weighted by molar-refractivity contribution is 5.46. The van der Waals surface area contributed by atoms with E-state index in [1.54, 1.807) is 6.33 Å². The summed E-state index contributed by atoms with van der Waals surface area (Å²) in [6, 6.07) is 2.08. The highest BCUT2D eigenvalue weighted by Crippen LogP contribution is 2.21. The van der Waals surface area contributed by atoms with Crippen LogP contribution in [-0.2, 0) is 0 Å². The lowest BCUT2D eigenvalue weighted by Gasteiger charge is -2.32. The number of piperidine rings is 1. The number of hydrogen-bond acceptors (Lipinski definition) is 5. The lowest BCUT2D eigenvalue weighted by Crippen LogP contribution is -2.36. The molecule has 1 aliphatic rings. The van der Waals surface area contributed by atoms with Crippen molar-refractivity contribution in [1.29, 1.82) is 0 Å². The van der Waals surface area contributed by atoms with Crippen LogP contribution in [0.4, 0.5) is 5.82 Å². The van der Waals surface area contributed by atoms with Gasteiger partial charge in [0.1, 0.15) is 12.1 Å². The minimum Gasteiger partial charge on any atom is -0.359 e. The molecule has 0 spiro atoms. The van der Waals surface area contributed by atoms with Gasteiger partial charge in [-0.1, -0.05) is 0 Å². The molecule has 0 atom stereocenters. The molecule has 0 aliphatic carbocycles. The molecular weight excluding hydrogens is 252 g/mol. The Kier molecular flexibility index (Phi) is 3.56. The molecule has 0 unspecified atom stereocenters. The van der Waals surface area contributed by atoms with Crippen LogP contribution in [0, 0.1) is 12.8 Å². The van der Waals surface area contributed by atoms with Gasteiger partial charge in [-0.15, -0.1) is 0 Å². The summed E-state index contributed by atoms with van der Waals surface area (Å²) in [7, 11) is 4.33. The predicted octanol–water partition coefficient (Wildman–Crippen LogP) is 1.21. The Labute approximate surface area is 119 Å². The summed E-state index contributed by atoms with van der Waals surface area (Å²) in [6.07, 6.45) is 4.10. The SMILES string of the molecule is Cc1cc(N(C)CC2CCN(C)CC2)n2ncnc2n1. The minimum absolute atomic E-state index is 0.676. The average molecular weight is 274 g/mol. The zero-order chi connectivity index (χ0) is 14.1. The third-order valence-corrected chi connectivity index (χ3v) is 4.12. The van der Waals surface area contributed by atoms with E-state index in [1.165, 1.54) is 25.9 Å². The van der Waals surface area contributed by atoms with Crippen LogP contribution in [0.1, 0.15) is 18.5 Å². The summed E-state index contributed by atoms with van der Waals surface area (Å²) in [4.78, 5) is 13.3. The maximum Gasteiger partial charge on any atom is 0.254 e. The van der Waals surface area contributed by atoms with Crippen molar-refractivity contribution < 1.29 is 0 Å². The van der Waals surface area contributed by atoms with E-state index in [-0.39, 0.29) is 0 Å². The van der Waals surface area contributed by atoms with Crippen LogP contribution in [0.15, 0.2) is 12.4 Å². The van der Waals surface area contributed by atoms with Gasteiger partial charge in [0.05, 0.1) is 0 Å². The van der Waals surface area contributed by atoms with Crippen LogP contribution in [0.25, 0.3) is 5.78 Å². The molecular formula is C14H22N6. The molecule has 1 fully saturated rings. The van der Waals surface area contributed by atoms with Crippen molar-refractivity contribution >= 4 is 11.6 Å². The first-order valence-electron chi connectivity index (χ1n) is 7.20. The topological polar surface area (TPSA) is 49.6 Å². The van der Waals surface area contributed by atoms with E-state index in [1.807, 2.05) is 11.4 Å². The lowest BCUT2D eigenvalue weighted by atomic mass is 9.97. The number of nitrogens with zero attached hydrogens (tertiary/aromatic N) is 6. The maximum absolute atomic E-state index is 4.39. The fourth-order valence-electron chi connectivity index (χ4n) is 2.91. The van der Waals surface area contributed by atoms with Gasteiger partial charge in [-0.05, 0) is 45.8 Å².